The topological polar surface area (TPSA) is 47.7 Å². The van der Waals surface area contributed by atoms with E-state index in [2.05, 4.69) is 40.0 Å². The van der Waals surface area contributed by atoms with Gasteiger partial charge in [-0.05, 0) is 20.8 Å². The molecule has 2 rings (SSSR count). The molecule has 0 saturated carbocycles. The Hall–Kier alpha value is -1.78. The number of hydrogen-bond acceptors (Lipinski definition) is 3. The quantitative estimate of drug-likeness (QED) is 0.876. The highest BCUT2D eigenvalue weighted by Crippen LogP contribution is 2.12. The van der Waals surface area contributed by atoms with Crippen LogP contribution in [0.2, 0.25) is 0 Å². The van der Waals surface area contributed by atoms with Gasteiger partial charge in [-0.25, -0.2) is 4.98 Å². The zero-order valence-electron chi connectivity index (χ0n) is 10.8. The second-order valence-electron chi connectivity index (χ2n) is 4.59. The van der Waals surface area contributed by atoms with Crippen LogP contribution in [0.5, 0.6) is 0 Å². The lowest BCUT2D eigenvalue weighted by Gasteiger charge is -2.11. The van der Waals surface area contributed by atoms with Crippen molar-refractivity contribution in [1.82, 2.24) is 19.3 Å². The highest BCUT2D eigenvalue weighted by atomic mass is 15.3. The normalized spacial score (nSPS) is 11.1. The molecule has 0 amide bonds. The molecule has 0 bridgehead atoms. The second-order valence-corrected chi connectivity index (χ2v) is 4.59. The number of hydrogen-bond donors (Lipinski definition) is 1. The molecule has 1 N–H and O–H groups in total. The van der Waals surface area contributed by atoms with E-state index in [9.17, 15) is 0 Å². The van der Waals surface area contributed by atoms with Crippen LogP contribution in [-0.4, -0.2) is 25.4 Å². The van der Waals surface area contributed by atoms with Gasteiger partial charge in [0.2, 0.25) is 5.95 Å². The molecule has 0 spiro atoms. The average molecular weight is 233 g/mol. The summed E-state index contributed by atoms with van der Waals surface area (Å²) >= 11 is 0. The Bertz CT molecular complexity index is 495. The third kappa shape index (κ3) is 2.67. The first-order chi connectivity index (χ1) is 8.06. The Morgan fingerprint density at radius 2 is 2.18 bits per heavy atom. The molecule has 0 atom stereocenters. The molecular formula is C12H19N5. The molecule has 5 heteroatoms. The molecule has 0 radical (unpaired) electrons. The maximum Gasteiger partial charge on any atom is 0.203 e. The van der Waals surface area contributed by atoms with Crippen molar-refractivity contribution in [2.24, 2.45) is 7.05 Å². The van der Waals surface area contributed by atoms with E-state index < -0.39 is 0 Å². The van der Waals surface area contributed by atoms with Gasteiger partial charge in [0.05, 0.1) is 12.2 Å². The van der Waals surface area contributed by atoms with Gasteiger partial charge in [-0.2, -0.15) is 5.10 Å². The zero-order valence-corrected chi connectivity index (χ0v) is 10.8. The minimum atomic E-state index is 0.381. The van der Waals surface area contributed by atoms with Gasteiger partial charge in [-0.15, -0.1) is 0 Å². The molecular weight excluding hydrogens is 214 g/mol. The third-order valence-corrected chi connectivity index (χ3v) is 2.59. The monoisotopic (exact) mass is 233 g/mol. The van der Waals surface area contributed by atoms with Crippen molar-refractivity contribution in [3.8, 4) is 0 Å². The Balaban J connectivity index is 2.18. The Morgan fingerprint density at radius 3 is 2.76 bits per heavy atom. The van der Waals surface area contributed by atoms with Gasteiger partial charge in [-0.3, -0.25) is 4.68 Å². The molecule has 2 aromatic heterocycles. The predicted molar refractivity (Wildman–Crippen MR) is 68.0 cm³/mol. The van der Waals surface area contributed by atoms with E-state index in [0.717, 1.165) is 18.2 Å². The number of nitrogens with one attached hydrogen (secondary N) is 1. The van der Waals surface area contributed by atoms with Gasteiger partial charge in [-0.1, -0.05) is 0 Å². The first kappa shape index (κ1) is 11.7. The minimum absolute atomic E-state index is 0.381. The Morgan fingerprint density at radius 1 is 1.41 bits per heavy atom. The fourth-order valence-corrected chi connectivity index (χ4v) is 1.82. The molecule has 0 fully saturated rings. The molecule has 2 aromatic rings. The van der Waals surface area contributed by atoms with Gasteiger partial charge in [0.1, 0.15) is 0 Å². The predicted octanol–water partition coefficient (Wildman–Crippen LogP) is 1.79. The zero-order chi connectivity index (χ0) is 12.4. The van der Waals surface area contributed by atoms with Crippen molar-refractivity contribution in [3.05, 3.63) is 29.8 Å². The summed E-state index contributed by atoms with van der Waals surface area (Å²) in [5, 5.41) is 7.67. The fraction of sp³-hybridized carbons (Fsp3) is 0.500. The molecule has 0 aliphatic rings. The number of anilines is 1. The van der Waals surface area contributed by atoms with Crippen LogP contribution in [-0.2, 0) is 13.6 Å². The summed E-state index contributed by atoms with van der Waals surface area (Å²) < 4.78 is 3.95. The van der Waals surface area contributed by atoms with E-state index in [1.54, 1.807) is 0 Å². The molecule has 2 heterocycles. The van der Waals surface area contributed by atoms with Crippen molar-refractivity contribution in [2.45, 2.75) is 33.4 Å². The third-order valence-electron chi connectivity index (χ3n) is 2.59. The van der Waals surface area contributed by atoms with Crippen molar-refractivity contribution < 1.29 is 0 Å². The second kappa shape index (κ2) is 4.61. The van der Waals surface area contributed by atoms with Gasteiger partial charge in [0.25, 0.3) is 0 Å². The standard InChI is InChI=1S/C12H19N5/c1-9(2)14-12-13-5-6-17(12)8-11-7-16(4)15-10(11)3/h5-7,9H,8H2,1-4H3,(H,13,14). The van der Waals surface area contributed by atoms with E-state index >= 15 is 0 Å². The van der Waals surface area contributed by atoms with Crippen LogP contribution in [0.4, 0.5) is 5.95 Å². The summed E-state index contributed by atoms with van der Waals surface area (Å²) in [6.07, 6.45) is 5.85. The smallest absolute Gasteiger partial charge is 0.203 e. The molecule has 0 unspecified atom stereocenters. The van der Waals surface area contributed by atoms with Gasteiger partial charge < -0.3 is 9.88 Å². The van der Waals surface area contributed by atoms with Crippen LogP contribution in [0.3, 0.4) is 0 Å². The highest BCUT2D eigenvalue weighted by Gasteiger charge is 2.08. The molecule has 0 aliphatic carbocycles. The van der Waals surface area contributed by atoms with Crippen LogP contribution in [0.25, 0.3) is 0 Å². The van der Waals surface area contributed by atoms with Gasteiger partial charge in [0.15, 0.2) is 0 Å². The van der Waals surface area contributed by atoms with Crippen molar-refractivity contribution in [1.29, 1.82) is 0 Å². The van der Waals surface area contributed by atoms with Crippen LogP contribution >= 0.6 is 0 Å². The van der Waals surface area contributed by atoms with E-state index in [1.165, 1.54) is 5.56 Å². The SMILES string of the molecule is Cc1nn(C)cc1Cn1ccnc1NC(C)C. The molecule has 0 aromatic carbocycles. The van der Waals surface area contributed by atoms with Crippen LogP contribution in [0.1, 0.15) is 25.1 Å². The number of aryl methyl sites for hydroxylation is 2. The largest absolute Gasteiger partial charge is 0.353 e. The van der Waals surface area contributed by atoms with E-state index in [4.69, 9.17) is 0 Å². The summed E-state index contributed by atoms with van der Waals surface area (Å²) in [6, 6.07) is 0.381. The molecule has 0 aliphatic heterocycles. The number of aromatic nitrogens is 4. The highest BCUT2D eigenvalue weighted by molar-refractivity contribution is 5.29. The summed E-state index contributed by atoms with van der Waals surface area (Å²) in [4.78, 5) is 4.31. The summed E-state index contributed by atoms with van der Waals surface area (Å²) in [7, 11) is 1.94. The van der Waals surface area contributed by atoms with Crippen LogP contribution < -0.4 is 5.32 Å². The number of rotatable bonds is 4. The van der Waals surface area contributed by atoms with E-state index in [0.29, 0.717) is 6.04 Å². The maximum atomic E-state index is 4.34. The van der Waals surface area contributed by atoms with Crippen LogP contribution in [0, 0.1) is 6.92 Å². The van der Waals surface area contributed by atoms with E-state index in [-0.39, 0.29) is 0 Å². The van der Waals surface area contributed by atoms with Gasteiger partial charge >= 0.3 is 0 Å². The lowest BCUT2D eigenvalue weighted by atomic mass is 10.2. The molecule has 92 valence electrons. The van der Waals surface area contributed by atoms with Gasteiger partial charge in [0, 0.05) is 37.2 Å². The average Bonchev–Trinajstić information content (AvgIpc) is 2.75. The Kier molecular flexibility index (Phi) is 3.17. The summed E-state index contributed by atoms with van der Waals surface area (Å²) in [6.45, 7) is 7.04. The first-order valence-electron chi connectivity index (χ1n) is 5.83. The Labute approximate surface area is 101 Å². The van der Waals surface area contributed by atoms with E-state index in [1.807, 2.05) is 31.0 Å². The molecule has 17 heavy (non-hydrogen) atoms. The summed E-state index contributed by atoms with van der Waals surface area (Å²) in [5.41, 5.74) is 2.29. The van der Waals surface area contributed by atoms with Crippen molar-refractivity contribution >= 4 is 5.95 Å². The maximum absolute atomic E-state index is 4.34. The molecule has 0 saturated heterocycles. The summed E-state index contributed by atoms with van der Waals surface area (Å²) in [5.74, 6) is 0.906. The number of nitrogens with zero attached hydrogens (tertiary/aromatic N) is 4. The lowest BCUT2D eigenvalue weighted by Crippen LogP contribution is -2.15. The molecule has 5 nitrogen and oxygen atoms in total. The lowest BCUT2D eigenvalue weighted by molar-refractivity contribution is 0.754. The number of imidazole rings is 1. The van der Waals surface area contributed by atoms with Crippen molar-refractivity contribution in [2.75, 3.05) is 5.32 Å². The minimum Gasteiger partial charge on any atom is -0.353 e. The first-order valence-corrected chi connectivity index (χ1v) is 5.83. The van der Waals surface area contributed by atoms with Crippen LogP contribution in [0.15, 0.2) is 18.6 Å². The van der Waals surface area contributed by atoms with Crippen molar-refractivity contribution in [3.63, 3.8) is 0 Å². The fourth-order valence-electron chi connectivity index (χ4n) is 1.82.